The van der Waals surface area contributed by atoms with Crippen molar-refractivity contribution in [3.05, 3.63) is 52.3 Å². The van der Waals surface area contributed by atoms with Crippen LogP contribution in [0, 0.1) is 13.8 Å². The van der Waals surface area contributed by atoms with E-state index in [0.717, 1.165) is 0 Å². The molecule has 0 bridgehead atoms. The fourth-order valence-corrected chi connectivity index (χ4v) is 2.96. The smallest absolute Gasteiger partial charge is 0.344 e. The fraction of sp³-hybridized carbons (Fsp3) is 0.333. The summed E-state index contributed by atoms with van der Waals surface area (Å²) in [5.41, 5.74) is 2.32. The molecule has 0 spiro atoms. The molecule has 7 nitrogen and oxygen atoms in total. The van der Waals surface area contributed by atoms with Crippen LogP contribution in [-0.4, -0.2) is 41.0 Å². The zero-order valence-electron chi connectivity index (χ0n) is 16.5. The summed E-state index contributed by atoms with van der Waals surface area (Å²) in [7, 11) is 0. The Morgan fingerprint density at radius 1 is 1.07 bits per heavy atom. The first-order valence-corrected chi connectivity index (χ1v) is 8.79. The number of carbonyl (C=O) groups excluding carboxylic acids is 4. The molecule has 7 heteroatoms. The number of aromatic nitrogens is 1. The van der Waals surface area contributed by atoms with Gasteiger partial charge in [-0.1, -0.05) is 12.1 Å². The van der Waals surface area contributed by atoms with E-state index in [4.69, 9.17) is 9.47 Å². The predicted molar refractivity (Wildman–Crippen MR) is 102 cm³/mol. The zero-order valence-corrected chi connectivity index (χ0v) is 16.5. The summed E-state index contributed by atoms with van der Waals surface area (Å²) in [6, 6.07) is 6.43. The molecule has 28 heavy (non-hydrogen) atoms. The third-order valence-electron chi connectivity index (χ3n) is 4.31. The molecule has 0 aliphatic rings. The summed E-state index contributed by atoms with van der Waals surface area (Å²) in [6.07, 6.45) is -1.05. The van der Waals surface area contributed by atoms with E-state index in [9.17, 15) is 19.2 Å². The quantitative estimate of drug-likeness (QED) is 0.553. The van der Waals surface area contributed by atoms with Crippen molar-refractivity contribution in [3.63, 3.8) is 0 Å². The molecule has 1 aromatic heterocycles. The summed E-state index contributed by atoms with van der Waals surface area (Å²) >= 11 is 0. The lowest BCUT2D eigenvalue weighted by atomic mass is 10.0. The van der Waals surface area contributed by atoms with Gasteiger partial charge in [0.15, 0.2) is 24.3 Å². The summed E-state index contributed by atoms with van der Waals surface area (Å²) < 4.78 is 10.5. The molecular weight excluding hydrogens is 362 g/mol. The van der Waals surface area contributed by atoms with Gasteiger partial charge in [0.05, 0.1) is 5.69 Å². The van der Waals surface area contributed by atoms with Gasteiger partial charge in [-0.3, -0.25) is 14.4 Å². The fourth-order valence-electron chi connectivity index (χ4n) is 2.96. The van der Waals surface area contributed by atoms with Crippen LogP contribution in [0.3, 0.4) is 0 Å². The van der Waals surface area contributed by atoms with Gasteiger partial charge in [0.1, 0.15) is 5.75 Å². The molecule has 0 unspecified atom stereocenters. The van der Waals surface area contributed by atoms with Gasteiger partial charge < -0.3 is 14.5 Å². The Morgan fingerprint density at radius 2 is 1.75 bits per heavy atom. The Bertz CT molecular complexity index is 940. The molecule has 1 heterocycles. The van der Waals surface area contributed by atoms with Crippen molar-refractivity contribution in [2.24, 2.45) is 0 Å². The van der Waals surface area contributed by atoms with Gasteiger partial charge in [-0.25, -0.2) is 4.79 Å². The minimum Gasteiger partial charge on any atom is -0.482 e. The number of hydrogen-bond donors (Lipinski definition) is 1. The normalized spacial score (nSPS) is 11.6. The van der Waals surface area contributed by atoms with E-state index in [1.54, 1.807) is 32.0 Å². The predicted octanol–water partition coefficient (Wildman–Crippen LogP) is 3.23. The highest BCUT2D eigenvalue weighted by Crippen LogP contribution is 2.20. The number of hydrogen-bond acceptors (Lipinski definition) is 6. The van der Waals surface area contributed by atoms with Gasteiger partial charge >= 0.3 is 5.97 Å². The lowest BCUT2D eigenvalue weighted by Crippen LogP contribution is -2.28. The summed E-state index contributed by atoms with van der Waals surface area (Å²) in [5.74, 6) is -1.06. The molecule has 0 saturated carbocycles. The summed E-state index contributed by atoms with van der Waals surface area (Å²) in [6.45, 7) is 7.30. The number of Topliss-reactive ketones (excluding diaryl/α,β-unsaturated/α-hetero) is 3. The number of aromatic amines is 1. The van der Waals surface area contributed by atoms with Gasteiger partial charge in [-0.15, -0.1) is 0 Å². The van der Waals surface area contributed by atoms with Crippen LogP contribution < -0.4 is 4.74 Å². The van der Waals surface area contributed by atoms with Crippen LogP contribution in [0.15, 0.2) is 24.3 Å². The maximum Gasteiger partial charge on any atom is 0.344 e. The summed E-state index contributed by atoms with van der Waals surface area (Å²) in [4.78, 5) is 50.6. The number of rotatable bonds is 8. The SMILES string of the molecule is CC(=O)c1cccc(OCC(=O)O[C@H](C)C(=O)c2[nH]c(C)c(C(C)=O)c2C)c1. The molecule has 1 atom stereocenters. The second kappa shape index (κ2) is 8.65. The van der Waals surface area contributed by atoms with Crippen LogP contribution in [-0.2, 0) is 9.53 Å². The number of ether oxygens (including phenoxy) is 2. The van der Waals surface area contributed by atoms with E-state index in [1.165, 1.54) is 26.8 Å². The maximum atomic E-state index is 12.6. The maximum absolute atomic E-state index is 12.6. The van der Waals surface area contributed by atoms with Crippen LogP contribution >= 0.6 is 0 Å². The number of benzene rings is 1. The average Bonchev–Trinajstić information content (AvgIpc) is 2.93. The lowest BCUT2D eigenvalue weighted by Gasteiger charge is -2.13. The van der Waals surface area contributed by atoms with Crippen LogP contribution in [0.4, 0.5) is 0 Å². The van der Waals surface area contributed by atoms with E-state index in [-0.39, 0.29) is 17.3 Å². The Kier molecular flexibility index (Phi) is 6.51. The highest BCUT2D eigenvalue weighted by molar-refractivity contribution is 6.05. The number of carbonyl (C=O) groups is 4. The topological polar surface area (TPSA) is 103 Å². The standard InChI is InChI=1S/C21H23NO6/c1-11-19(14(4)24)12(2)22-20(11)21(26)15(5)28-18(25)10-27-17-8-6-7-16(9-17)13(3)23/h6-9,15,22H,10H2,1-5H3/t15-/m1/s1. The Labute approximate surface area is 163 Å². The Hall–Kier alpha value is -3.22. The number of H-pyrrole nitrogens is 1. The van der Waals surface area contributed by atoms with Gasteiger partial charge in [-0.2, -0.15) is 0 Å². The molecule has 0 aliphatic heterocycles. The molecule has 2 rings (SSSR count). The van der Waals surface area contributed by atoms with Crippen molar-refractivity contribution in [2.45, 2.75) is 40.7 Å². The van der Waals surface area contributed by atoms with Gasteiger partial charge in [0.2, 0.25) is 5.78 Å². The van der Waals surface area contributed by atoms with Crippen molar-refractivity contribution < 1.29 is 28.7 Å². The number of ketones is 3. The molecule has 0 amide bonds. The van der Waals surface area contributed by atoms with E-state index in [2.05, 4.69) is 4.98 Å². The third kappa shape index (κ3) is 4.73. The molecule has 2 aromatic rings. The molecule has 0 radical (unpaired) electrons. The van der Waals surface area contributed by atoms with Gasteiger partial charge in [0, 0.05) is 16.8 Å². The lowest BCUT2D eigenvalue weighted by molar-refractivity contribution is -0.148. The summed E-state index contributed by atoms with van der Waals surface area (Å²) in [5, 5.41) is 0. The van der Waals surface area contributed by atoms with Crippen molar-refractivity contribution >= 4 is 23.3 Å². The number of aryl methyl sites for hydroxylation is 1. The minimum atomic E-state index is -1.05. The van der Waals surface area contributed by atoms with Crippen molar-refractivity contribution in [1.29, 1.82) is 0 Å². The number of esters is 1. The highest BCUT2D eigenvalue weighted by Gasteiger charge is 2.26. The first-order chi connectivity index (χ1) is 13.1. The third-order valence-corrected chi connectivity index (χ3v) is 4.31. The zero-order chi connectivity index (χ0) is 21.0. The second-order valence-electron chi connectivity index (χ2n) is 6.55. The Balaban J connectivity index is 2.00. The van der Waals surface area contributed by atoms with E-state index < -0.39 is 24.5 Å². The molecule has 0 aliphatic carbocycles. The van der Waals surface area contributed by atoms with Gasteiger partial charge in [0.25, 0.3) is 0 Å². The van der Waals surface area contributed by atoms with Crippen molar-refractivity contribution in [3.8, 4) is 5.75 Å². The average molecular weight is 385 g/mol. The van der Waals surface area contributed by atoms with E-state index >= 15 is 0 Å². The first-order valence-electron chi connectivity index (χ1n) is 8.79. The van der Waals surface area contributed by atoms with Crippen molar-refractivity contribution in [1.82, 2.24) is 4.98 Å². The molecule has 1 N–H and O–H groups in total. The van der Waals surface area contributed by atoms with Crippen LogP contribution in [0.1, 0.15) is 63.2 Å². The van der Waals surface area contributed by atoms with Crippen LogP contribution in [0.5, 0.6) is 5.75 Å². The first kappa shape index (κ1) is 21.1. The molecule has 0 saturated heterocycles. The van der Waals surface area contributed by atoms with E-state index in [0.29, 0.717) is 28.1 Å². The molecular formula is C21H23NO6. The van der Waals surface area contributed by atoms with Gasteiger partial charge in [-0.05, 0) is 52.3 Å². The number of nitrogens with one attached hydrogen (secondary N) is 1. The minimum absolute atomic E-state index is 0.117. The Morgan fingerprint density at radius 3 is 2.32 bits per heavy atom. The van der Waals surface area contributed by atoms with Crippen LogP contribution in [0.2, 0.25) is 0 Å². The van der Waals surface area contributed by atoms with Crippen molar-refractivity contribution in [2.75, 3.05) is 6.61 Å². The van der Waals surface area contributed by atoms with E-state index in [1.807, 2.05) is 0 Å². The largest absolute Gasteiger partial charge is 0.482 e. The van der Waals surface area contributed by atoms with Crippen LogP contribution in [0.25, 0.3) is 0 Å². The molecule has 1 aromatic carbocycles. The second-order valence-corrected chi connectivity index (χ2v) is 6.55. The molecule has 0 fully saturated rings. The highest BCUT2D eigenvalue weighted by atomic mass is 16.6. The monoisotopic (exact) mass is 385 g/mol. The molecule has 148 valence electrons.